The van der Waals surface area contributed by atoms with Crippen molar-refractivity contribution in [1.29, 1.82) is 0 Å². The molecule has 0 aromatic carbocycles. The lowest BCUT2D eigenvalue weighted by atomic mass is 10.2. The van der Waals surface area contributed by atoms with E-state index >= 15 is 0 Å². The molecule has 19 heavy (non-hydrogen) atoms. The maximum Gasteiger partial charge on any atom is 0.347 e. The molecule has 1 unspecified atom stereocenters. The van der Waals surface area contributed by atoms with E-state index in [4.69, 9.17) is 9.47 Å². The average Bonchev–Trinajstić information content (AvgIpc) is 2.37. The first-order valence-electron chi connectivity index (χ1n) is 6.97. The lowest BCUT2D eigenvalue weighted by Crippen LogP contribution is -2.31. The molecule has 0 saturated carbocycles. The minimum absolute atomic E-state index is 0.232. The van der Waals surface area contributed by atoms with Crippen molar-refractivity contribution in [1.82, 2.24) is 0 Å². The Hall–Kier alpha value is -0.710. The number of hydrogen-bond donors (Lipinski definition) is 0. The molecule has 0 aromatic heterocycles. The Labute approximate surface area is 120 Å². The van der Waals surface area contributed by atoms with Gasteiger partial charge in [0.2, 0.25) is 0 Å². The smallest absolute Gasteiger partial charge is 0.347 e. The fourth-order valence-corrected chi connectivity index (χ4v) is 1.92. The SMILES string of the molecule is CCCCOC(=O)C(CCSCC)OC(=O)C(C)C. The maximum absolute atomic E-state index is 11.9. The van der Waals surface area contributed by atoms with Crippen LogP contribution < -0.4 is 0 Å². The van der Waals surface area contributed by atoms with Crippen LogP contribution in [-0.4, -0.2) is 36.2 Å². The summed E-state index contributed by atoms with van der Waals surface area (Å²) < 4.78 is 10.4. The molecule has 0 bridgehead atoms. The molecule has 0 fully saturated rings. The Bertz CT molecular complexity index is 266. The maximum atomic E-state index is 11.9. The van der Waals surface area contributed by atoms with E-state index in [9.17, 15) is 9.59 Å². The quantitative estimate of drug-likeness (QED) is 0.457. The van der Waals surface area contributed by atoms with Crippen LogP contribution in [0.3, 0.4) is 0 Å². The minimum atomic E-state index is -0.759. The Morgan fingerprint density at radius 2 is 1.84 bits per heavy atom. The van der Waals surface area contributed by atoms with Gasteiger partial charge in [0.25, 0.3) is 0 Å². The molecule has 0 rings (SSSR count). The van der Waals surface area contributed by atoms with Gasteiger partial charge in [-0.1, -0.05) is 34.1 Å². The summed E-state index contributed by atoms with van der Waals surface area (Å²) in [5.41, 5.74) is 0. The number of rotatable bonds is 10. The van der Waals surface area contributed by atoms with Crippen LogP contribution in [-0.2, 0) is 19.1 Å². The monoisotopic (exact) mass is 290 g/mol. The molecule has 0 N–H and O–H groups in total. The Morgan fingerprint density at radius 1 is 1.16 bits per heavy atom. The lowest BCUT2D eigenvalue weighted by molar-refractivity contribution is -0.170. The van der Waals surface area contributed by atoms with E-state index in [1.165, 1.54) is 0 Å². The van der Waals surface area contributed by atoms with Crippen molar-refractivity contribution < 1.29 is 19.1 Å². The van der Waals surface area contributed by atoms with Crippen LogP contribution in [0.15, 0.2) is 0 Å². The van der Waals surface area contributed by atoms with Gasteiger partial charge in [0.1, 0.15) is 0 Å². The van der Waals surface area contributed by atoms with Crippen LogP contribution in [0.5, 0.6) is 0 Å². The predicted octanol–water partition coefficient (Wildman–Crippen LogP) is 3.04. The number of carbonyl (C=O) groups excluding carboxylic acids is 2. The summed E-state index contributed by atoms with van der Waals surface area (Å²) in [6, 6.07) is 0. The second-order valence-corrected chi connectivity index (χ2v) is 5.98. The van der Waals surface area contributed by atoms with Gasteiger partial charge >= 0.3 is 11.9 Å². The molecule has 0 aliphatic heterocycles. The first kappa shape index (κ1) is 18.3. The fourth-order valence-electron chi connectivity index (χ4n) is 1.25. The van der Waals surface area contributed by atoms with Crippen molar-refractivity contribution in [3.63, 3.8) is 0 Å². The fraction of sp³-hybridized carbons (Fsp3) is 0.857. The highest BCUT2D eigenvalue weighted by atomic mass is 32.2. The van der Waals surface area contributed by atoms with E-state index in [0.29, 0.717) is 13.0 Å². The van der Waals surface area contributed by atoms with Gasteiger partial charge in [-0.3, -0.25) is 4.79 Å². The molecule has 112 valence electrons. The van der Waals surface area contributed by atoms with Crippen LogP contribution in [0.2, 0.25) is 0 Å². The standard InChI is InChI=1S/C14H26O4S/c1-5-7-9-17-14(16)12(8-10-19-6-2)18-13(15)11(3)4/h11-12H,5-10H2,1-4H3. The second-order valence-electron chi connectivity index (χ2n) is 4.59. The van der Waals surface area contributed by atoms with Gasteiger partial charge in [-0.25, -0.2) is 4.79 Å². The first-order valence-corrected chi connectivity index (χ1v) is 8.13. The largest absolute Gasteiger partial charge is 0.463 e. The number of carbonyl (C=O) groups is 2. The summed E-state index contributed by atoms with van der Waals surface area (Å²) in [6.45, 7) is 7.98. The molecule has 0 spiro atoms. The summed E-state index contributed by atoms with van der Waals surface area (Å²) in [7, 11) is 0. The van der Waals surface area contributed by atoms with Crippen molar-refractivity contribution in [2.24, 2.45) is 5.92 Å². The molecule has 0 amide bonds. The summed E-state index contributed by atoms with van der Waals surface area (Å²) in [4.78, 5) is 23.4. The van der Waals surface area contributed by atoms with E-state index in [1.54, 1.807) is 25.6 Å². The highest BCUT2D eigenvalue weighted by molar-refractivity contribution is 7.99. The van der Waals surface area contributed by atoms with E-state index in [2.05, 4.69) is 6.92 Å². The zero-order valence-corrected chi connectivity index (χ0v) is 13.3. The molecule has 4 nitrogen and oxygen atoms in total. The van der Waals surface area contributed by atoms with Crippen LogP contribution in [0.4, 0.5) is 0 Å². The molecular formula is C14H26O4S. The molecular weight excluding hydrogens is 264 g/mol. The first-order chi connectivity index (χ1) is 9.02. The summed E-state index contributed by atoms with van der Waals surface area (Å²) in [5, 5.41) is 0. The molecule has 0 radical (unpaired) electrons. The van der Waals surface area contributed by atoms with Gasteiger partial charge in [0, 0.05) is 6.42 Å². The van der Waals surface area contributed by atoms with Crippen molar-refractivity contribution in [3.8, 4) is 0 Å². The van der Waals surface area contributed by atoms with Gasteiger partial charge in [-0.15, -0.1) is 0 Å². The number of thioether (sulfide) groups is 1. The third-order valence-corrected chi connectivity index (χ3v) is 3.40. The predicted molar refractivity (Wildman–Crippen MR) is 78.2 cm³/mol. The average molecular weight is 290 g/mol. The summed E-state index contributed by atoms with van der Waals surface area (Å²) in [5.74, 6) is 0.772. The topological polar surface area (TPSA) is 52.6 Å². The van der Waals surface area contributed by atoms with E-state index in [1.807, 2.05) is 6.92 Å². The normalized spacial score (nSPS) is 12.3. The highest BCUT2D eigenvalue weighted by Gasteiger charge is 2.25. The molecule has 0 aliphatic rings. The van der Waals surface area contributed by atoms with Gasteiger partial charge in [-0.2, -0.15) is 11.8 Å². The van der Waals surface area contributed by atoms with Gasteiger partial charge < -0.3 is 9.47 Å². The van der Waals surface area contributed by atoms with Crippen LogP contribution in [0.25, 0.3) is 0 Å². The van der Waals surface area contributed by atoms with E-state index in [0.717, 1.165) is 24.3 Å². The Morgan fingerprint density at radius 3 is 2.37 bits per heavy atom. The second kappa shape index (κ2) is 11.1. The lowest BCUT2D eigenvalue weighted by Gasteiger charge is -2.17. The van der Waals surface area contributed by atoms with Gasteiger partial charge in [0.15, 0.2) is 6.10 Å². The zero-order chi connectivity index (χ0) is 14.7. The third-order valence-electron chi connectivity index (χ3n) is 2.46. The van der Waals surface area contributed by atoms with Gasteiger partial charge in [-0.05, 0) is 17.9 Å². The number of unbranched alkanes of at least 4 members (excludes halogenated alkanes) is 1. The summed E-state index contributed by atoms with van der Waals surface area (Å²) in [6.07, 6.45) is 1.56. The molecule has 5 heteroatoms. The van der Waals surface area contributed by atoms with Crippen LogP contribution >= 0.6 is 11.8 Å². The molecule has 0 heterocycles. The number of ether oxygens (including phenoxy) is 2. The Balaban J connectivity index is 4.30. The van der Waals surface area contributed by atoms with Crippen LogP contribution in [0.1, 0.15) is 47.0 Å². The summed E-state index contributed by atoms with van der Waals surface area (Å²) >= 11 is 1.72. The van der Waals surface area contributed by atoms with Gasteiger partial charge in [0.05, 0.1) is 12.5 Å². The zero-order valence-electron chi connectivity index (χ0n) is 12.4. The van der Waals surface area contributed by atoms with Crippen LogP contribution in [0, 0.1) is 5.92 Å². The minimum Gasteiger partial charge on any atom is -0.463 e. The number of esters is 2. The highest BCUT2D eigenvalue weighted by Crippen LogP contribution is 2.11. The van der Waals surface area contributed by atoms with Crippen molar-refractivity contribution >= 4 is 23.7 Å². The van der Waals surface area contributed by atoms with Crippen molar-refractivity contribution in [2.75, 3.05) is 18.1 Å². The van der Waals surface area contributed by atoms with Crippen molar-refractivity contribution in [3.05, 3.63) is 0 Å². The van der Waals surface area contributed by atoms with E-state index < -0.39 is 12.1 Å². The molecule has 1 atom stereocenters. The number of hydrogen-bond acceptors (Lipinski definition) is 5. The molecule has 0 aliphatic carbocycles. The van der Waals surface area contributed by atoms with E-state index in [-0.39, 0.29) is 11.9 Å². The molecule has 0 aromatic rings. The third kappa shape index (κ3) is 8.92. The molecule has 0 saturated heterocycles. The van der Waals surface area contributed by atoms with Crippen molar-refractivity contribution in [2.45, 2.75) is 53.1 Å². The Kier molecular flexibility index (Phi) is 10.7.